The second-order valence-corrected chi connectivity index (χ2v) is 6.97. The maximum absolute atomic E-state index is 14.0. The number of alkyl carbamates (subject to hydrolysis) is 1. The highest BCUT2D eigenvalue weighted by molar-refractivity contribution is 5.80. The van der Waals surface area contributed by atoms with E-state index < -0.39 is 41.1 Å². The minimum Gasteiger partial charge on any atom is -0.444 e. The van der Waals surface area contributed by atoms with Gasteiger partial charge in [-0.15, -0.1) is 0 Å². The summed E-state index contributed by atoms with van der Waals surface area (Å²) in [4.78, 5) is 28.1. The number of hydrogen-bond acceptors (Lipinski definition) is 4. The number of aromatic nitrogens is 2. The quantitative estimate of drug-likeness (QED) is 0.803. The van der Waals surface area contributed by atoms with E-state index >= 15 is 0 Å². The molecular weight excluding hydrogens is 363 g/mol. The van der Waals surface area contributed by atoms with Gasteiger partial charge in [0, 0.05) is 30.9 Å². The van der Waals surface area contributed by atoms with Crippen molar-refractivity contribution in [3.8, 4) is 0 Å². The third-order valence-corrected chi connectivity index (χ3v) is 3.49. The van der Waals surface area contributed by atoms with E-state index in [2.05, 4.69) is 10.3 Å². The van der Waals surface area contributed by atoms with Gasteiger partial charge in [-0.3, -0.25) is 9.36 Å². The Morgan fingerprint density at radius 3 is 2.44 bits per heavy atom. The van der Waals surface area contributed by atoms with Crippen LogP contribution in [0.25, 0.3) is 0 Å². The van der Waals surface area contributed by atoms with Crippen LogP contribution in [-0.2, 0) is 11.2 Å². The molecule has 1 aromatic carbocycles. The number of imidazole rings is 1. The standard InChI is InChI=1S/C18H20F3N3O3/c1-18(2,3)27-17(26)23-12(8-16(25)24-5-4-22-10-24)6-11-7-14(20)15(21)9-13(11)19/h4-5,7,9-10,12H,6,8H2,1-3H3,(H,23,26). The molecule has 1 atom stereocenters. The van der Waals surface area contributed by atoms with Crippen LogP contribution in [0, 0.1) is 17.5 Å². The van der Waals surface area contributed by atoms with Crippen molar-refractivity contribution < 1.29 is 27.5 Å². The minimum absolute atomic E-state index is 0.173. The van der Waals surface area contributed by atoms with Gasteiger partial charge in [0.2, 0.25) is 5.91 Å². The second kappa shape index (κ2) is 8.24. The zero-order valence-corrected chi connectivity index (χ0v) is 15.1. The van der Waals surface area contributed by atoms with Gasteiger partial charge in [-0.25, -0.2) is 22.9 Å². The highest BCUT2D eigenvalue weighted by Crippen LogP contribution is 2.17. The van der Waals surface area contributed by atoms with E-state index in [0.717, 1.165) is 0 Å². The van der Waals surface area contributed by atoms with Crippen molar-refractivity contribution in [3.63, 3.8) is 0 Å². The summed E-state index contributed by atoms with van der Waals surface area (Å²) in [6, 6.07) is 0.220. The van der Waals surface area contributed by atoms with E-state index in [1.807, 2.05) is 0 Å². The lowest BCUT2D eigenvalue weighted by molar-refractivity contribution is 0.0499. The molecule has 9 heteroatoms. The molecule has 0 bridgehead atoms. The van der Waals surface area contributed by atoms with Crippen LogP contribution in [0.3, 0.4) is 0 Å². The predicted molar refractivity (Wildman–Crippen MR) is 90.6 cm³/mol. The smallest absolute Gasteiger partial charge is 0.407 e. The maximum atomic E-state index is 14.0. The van der Waals surface area contributed by atoms with Crippen LogP contribution in [0.4, 0.5) is 18.0 Å². The lowest BCUT2D eigenvalue weighted by atomic mass is 10.0. The summed E-state index contributed by atoms with van der Waals surface area (Å²) >= 11 is 0. The molecule has 27 heavy (non-hydrogen) atoms. The zero-order valence-electron chi connectivity index (χ0n) is 15.1. The number of halogens is 3. The fourth-order valence-electron chi connectivity index (χ4n) is 2.36. The number of hydrogen-bond donors (Lipinski definition) is 1. The second-order valence-electron chi connectivity index (χ2n) is 6.97. The van der Waals surface area contributed by atoms with Crippen LogP contribution >= 0.6 is 0 Å². The van der Waals surface area contributed by atoms with Gasteiger partial charge in [0.1, 0.15) is 17.7 Å². The molecule has 2 aromatic rings. The van der Waals surface area contributed by atoms with E-state index in [0.29, 0.717) is 12.1 Å². The topological polar surface area (TPSA) is 73.2 Å². The molecule has 0 aliphatic rings. The molecule has 2 rings (SSSR count). The Kier molecular flexibility index (Phi) is 6.24. The monoisotopic (exact) mass is 383 g/mol. The molecule has 6 nitrogen and oxygen atoms in total. The van der Waals surface area contributed by atoms with Crippen LogP contribution in [0.15, 0.2) is 30.9 Å². The van der Waals surface area contributed by atoms with Crippen molar-refractivity contribution in [2.75, 3.05) is 0 Å². The van der Waals surface area contributed by atoms with Crippen LogP contribution in [0.2, 0.25) is 0 Å². The van der Waals surface area contributed by atoms with Crippen molar-refractivity contribution in [1.82, 2.24) is 14.9 Å². The van der Waals surface area contributed by atoms with E-state index in [4.69, 9.17) is 4.74 Å². The summed E-state index contributed by atoms with van der Waals surface area (Å²) in [5, 5.41) is 2.48. The van der Waals surface area contributed by atoms with Crippen molar-refractivity contribution in [1.29, 1.82) is 0 Å². The lowest BCUT2D eigenvalue weighted by Crippen LogP contribution is -2.42. The summed E-state index contributed by atoms with van der Waals surface area (Å²) in [5.74, 6) is -3.93. The van der Waals surface area contributed by atoms with Gasteiger partial charge in [-0.2, -0.15) is 0 Å². The van der Waals surface area contributed by atoms with Gasteiger partial charge in [0.15, 0.2) is 11.6 Å². The molecule has 0 fully saturated rings. The first-order valence-electron chi connectivity index (χ1n) is 8.19. The first kappa shape index (κ1) is 20.5. The van der Waals surface area contributed by atoms with Crippen molar-refractivity contribution >= 4 is 12.0 Å². The molecule has 146 valence electrons. The van der Waals surface area contributed by atoms with Crippen molar-refractivity contribution in [3.05, 3.63) is 53.9 Å². The Morgan fingerprint density at radius 1 is 1.19 bits per heavy atom. The fourth-order valence-corrected chi connectivity index (χ4v) is 2.36. The van der Waals surface area contributed by atoms with Crippen LogP contribution in [-0.4, -0.2) is 33.2 Å². The summed E-state index contributed by atoms with van der Waals surface area (Å²) in [5.41, 5.74) is -0.954. The molecule has 1 amide bonds. The summed E-state index contributed by atoms with van der Waals surface area (Å²) in [6.07, 6.45) is 2.84. The number of amides is 1. The zero-order chi connectivity index (χ0) is 20.2. The van der Waals surface area contributed by atoms with Gasteiger partial charge in [-0.1, -0.05) is 0 Å². The fraction of sp³-hybridized carbons (Fsp3) is 0.389. The molecule has 0 aliphatic heterocycles. The number of carbonyl (C=O) groups is 2. The summed E-state index contributed by atoms with van der Waals surface area (Å²) in [6.45, 7) is 4.98. The average Bonchev–Trinajstić information content (AvgIpc) is 3.05. The SMILES string of the molecule is CC(C)(C)OC(=O)NC(CC(=O)n1ccnc1)Cc1cc(F)c(F)cc1F. The Balaban J connectivity index is 2.19. The van der Waals surface area contributed by atoms with E-state index in [-0.39, 0.29) is 18.4 Å². The number of ether oxygens (including phenoxy) is 1. The van der Waals surface area contributed by atoms with Gasteiger partial charge in [0.05, 0.1) is 0 Å². The van der Waals surface area contributed by atoms with Gasteiger partial charge in [-0.05, 0) is 38.8 Å². The van der Waals surface area contributed by atoms with Gasteiger partial charge < -0.3 is 10.1 Å². The number of benzene rings is 1. The minimum atomic E-state index is -1.32. The molecule has 1 N–H and O–H groups in total. The number of nitrogens with one attached hydrogen (secondary N) is 1. The van der Waals surface area contributed by atoms with E-state index in [1.165, 1.54) is 23.3 Å². The molecule has 0 aliphatic carbocycles. The van der Waals surface area contributed by atoms with Crippen molar-refractivity contribution in [2.45, 2.75) is 45.3 Å². The Morgan fingerprint density at radius 2 is 1.85 bits per heavy atom. The number of rotatable bonds is 5. The Bertz CT molecular complexity index is 817. The van der Waals surface area contributed by atoms with Crippen molar-refractivity contribution in [2.24, 2.45) is 0 Å². The molecule has 0 saturated heterocycles. The number of carbonyl (C=O) groups excluding carboxylic acids is 2. The van der Waals surface area contributed by atoms with Gasteiger partial charge >= 0.3 is 6.09 Å². The molecule has 0 saturated carbocycles. The summed E-state index contributed by atoms with van der Waals surface area (Å²) in [7, 11) is 0. The molecule has 1 heterocycles. The van der Waals surface area contributed by atoms with Crippen LogP contribution in [0.5, 0.6) is 0 Å². The third kappa shape index (κ3) is 6.12. The lowest BCUT2D eigenvalue weighted by Gasteiger charge is -2.23. The Hall–Kier alpha value is -2.84. The first-order valence-corrected chi connectivity index (χ1v) is 8.19. The largest absolute Gasteiger partial charge is 0.444 e. The molecule has 1 unspecified atom stereocenters. The highest BCUT2D eigenvalue weighted by Gasteiger charge is 2.24. The predicted octanol–water partition coefficient (Wildman–Crippen LogP) is 3.47. The van der Waals surface area contributed by atoms with E-state index in [1.54, 1.807) is 20.8 Å². The molecular formula is C18H20F3N3O3. The normalized spacial score (nSPS) is 12.5. The average molecular weight is 383 g/mol. The summed E-state index contributed by atoms with van der Waals surface area (Å²) < 4.78 is 46.9. The molecule has 1 aromatic heterocycles. The van der Waals surface area contributed by atoms with E-state index in [9.17, 15) is 22.8 Å². The maximum Gasteiger partial charge on any atom is 0.407 e. The van der Waals surface area contributed by atoms with Gasteiger partial charge in [0.25, 0.3) is 0 Å². The Labute approximate surface area is 154 Å². The van der Waals surface area contributed by atoms with Crippen LogP contribution < -0.4 is 5.32 Å². The molecule has 0 radical (unpaired) electrons. The highest BCUT2D eigenvalue weighted by atomic mass is 19.2. The number of nitrogens with zero attached hydrogens (tertiary/aromatic N) is 2. The van der Waals surface area contributed by atoms with Crippen LogP contribution in [0.1, 0.15) is 37.6 Å². The first-order chi connectivity index (χ1) is 12.5. The third-order valence-electron chi connectivity index (χ3n) is 3.49. The molecule has 0 spiro atoms.